The smallest absolute Gasteiger partial charge is 0.165 e. The van der Waals surface area contributed by atoms with E-state index < -0.39 is 0 Å². The minimum Gasteiger partial charge on any atom is -0.294 e. The SMILES string of the molecule is C/C=C(\C=CCC)c1ccc(C(=O)C(C)C)cc1. The molecule has 1 rings (SSSR count). The lowest BCUT2D eigenvalue weighted by molar-refractivity contribution is 0.0939. The van der Waals surface area contributed by atoms with Gasteiger partial charge < -0.3 is 0 Å². The topological polar surface area (TPSA) is 17.1 Å². The van der Waals surface area contributed by atoms with Gasteiger partial charge in [0.2, 0.25) is 0 Å². The summed E-state index contributed by atoms with van der Waals surface area (Å²) >= 11 is 0. The number of carbonyl (C=O) groups is 1. The average molecular weight is 242 g/mol. The molecule has 0 amide bonds. The summed E-state index contributed by atoms with van der Waals surface area (Å²) in [5.74, 6) is 0.254. The second kappa shape index (κ2) is 6.95. The molecule has 0 aromatic heterocycles. The molecule has 1 aromatic rings. The van der Waals surface area contributed by atoms with E-state index in [1.54, 1.807) is 0 Å². The van der Waals surface area contributed by atoms with E-state index in [9.17, 15) is 4.79 Å². The van der Waals surface area contributed by atoms with Crippen LogP contribution in [0.2, 0.25) is 0 Å². The predicted octanol–water partition coefficient (Wildman–Crippen LogP) is 4.89. The highest BCUT2D eigenvalue weighted by atomic mass is 16.1. The number of benzene rings is 1. The van der Waals surface area contributed by atoms with Crippen LogP contribution in [0.5, 0.6) is 0 Å². The van der Waals surface area contributed by atoms with Crippen molar-refractivity contribution in [2.75, 3.05) is 0 Å². The van der Waals surface area contributed by atoms with Gasteiger partial charge in [0.05, 0.1) is 0 Å². The van der Waals surface area contributed by atoms with Gasteiger partial charge in [0.25, 0.3) is 0 Å². The Balaban J connectivity index is 2.95. The molecule has 96 valence electrons. The predicted molar refractivity (Wildman–Crippen MR) is 78.7 cm³/mol. The quantitative estimate of drug-likeness (QED) is 0.530. The number of ketones is 1. The average Bonchev–Trinajstić information content (AvgIpc) is 2.39. The van der Waals surface area contributed by atoms with Gasteiger partial charge in [-0.15, -0.1) is 0 Å². The maximum absolute atomic E-state index is 11.8. The summed E-state index contributed by atoms with van der Waals surface area (Å²) in [5, 5.41) is 0. The number of allylic oxidation sites excluding steroid dienone is 4. The lowest BCUT2D eigenvalue weighted by Crippen LogP contribution is -2.07. The van der Waals surface area contributed by atoms with E-state index in [-0.39, 0.29) is 11.7 Å². The van der Waals surface area contributed by atoms with Crippen molar-refractivity contribution in [1.82, 2.24) is 0 Å². The minimum atomic E-state index is 0.0528. The maximum atomic E-state index is 11.8. The Hall–Kier alpha value is -1.63. The molecule has 0 aliphatic heterocycles. The molecule has 0 aliphatic carbocycles. The first-order chi connectivity index (χ1) is 8.60. The van der Waals surface area contributed by atoms with Gasteiger partial charge in [-0.1, -0.05) is 63.3 Å². The van der Waals surface area contributed by atoms with E-state index in [0.717, 1.165) is 17.5 Å². The van der Waals surface area contributed by atoms with Crippen LogP contribution in [0.1, 0.15) is 50.0 Å². The number of rotatable bonds is 5. The number of hydrogen-bond donors (Lipinski definition) is 0. The van der Waals surface area contributed by atoms with Gasteiger partial charge >= 0.3 is 0 Å². The third-order valence-electron chi connectivity index (χ3n) is 2.87. The van der Waals surface area contributed by atoms with E-state index in [0.29, 0.717) is 0 Å². The van der Waals surface area contributed by atoms with Gasteiger partial charge in [-0.25, -0.2) is 0 Å². The van der Waals surface area contributed by atoms with Crippen molar-refractivity contribution in [2.24, 2.45) is 5.92 Å². The van der Waals surface area contributed by atoms with Crippen molar-refractivity contribution in [1.29, 1.82) is 0 Å². The summed E-state index contributed by atoms with van der Waals surface area (Å²) in [6.45, 7) is 8.01. The fourth-order valence-electron chi connectivity index (χ4n) is 1.76. The van der Waals surface area contributed by atoms with Gasteiger partial charge in [0, 0.05) is 11.5 Å². The van der Waals surface area contributed by atoms with Crippen molar-refractivity contribution in [3.05, 3.63) is 53.6 Å². The third kappa shape index (κ3) is 3.69. The standard InChI is InChI=1S/C17H22O/c1-5-7-8-14(6-2)15-9-11-16(12-10-15)17(18)13(3)4/h6-13H,5H2,1-4H3/b8-7?,14-6+. The summed E-state index contributed by atoms with van der Waals surface area (Å²) in [7, 11) is 0. The van der Waals surface area contributed by atoms with Gasteiger partial charge in [-0.3, -0.25) is 4.79 Å². The van der Waals surface area contributed by atoms with Crippen molar-refractivity contribution in [3.63, 3.8) is 0 Å². The van der Waals surface area contributed by atoms with Crippen molar-refractivity contribution in [3.8, 4) is 0 Å². The Kier molecular flexibility index (Phi) is 5.57. The first kappa shape index (κ1) is 14.4. The third-order valence-corrected chi connectivity index (χ3v) is 2.87. The number of hydrogen-bond acceptors (Lipinski definition) is 1. The summed E-state index contributed by atoms with van der Waals surface area (Å²) in [5.41, 5.74) is 3.14. The Bertz CT molecular complexity index is 447. The Labute approximate surface area is 110 Å². The molecule has 0 unspecified atom stereocenters. The highest BCUT2D eigenvalue weighted by Gasteiger charge is 2.09. The molecule has 1 aromatic carbocycles. The molecule has 0 spiro atoms. The van der Waals surface area contributed by atoms with E-state index in [4.69, 9.17) is 0 Å². The maximum Gasteiger partial charge on any atom is 0.165 e. The van der Waals surface area contributed by atoms with Crippen LogP contribution in [0.4, 0.5) is 0 Å². The van der Waals surface area contributed by atoms with E-state index in [1.165, 1.54) is 5.57 Å². The lowest BCUT2D eigenvalue weighted by Gasteiger charge is -2.06. The minimum absolute atomic E-state index is 0.0528. The zero-order chi connectivity index (χ0) is 13.5. The summed E-state index contributed by atoms with van der Waals surface area (Å²) in [6.07, 6.45) is 7.38. The molecule has 0 bridgehead atoms. The fourth-order valence-corrected chi connectivity index (χ4v) is 1.76. The zero-order valence-corrected chi connectivity index (χ0v) is 11.7. The van der Waals surface area contributed by atoms with Crippen molar-refractivity contribution < 1.29 is 4.79 Å². The Morgan fingerprint density at radius 2 is 1.72 bits per heavy atom. The van der Waals surface area contributed by atoms with Crippen molar-refractivity contribution in [2.45, 2.75) is 34.1 Å². The summed E-state index contributed by atoms with van der Waals surface area (Å²) in [6, 6.07) is 7.87. The molecule has 0 radical (unpaired) electrons. The lowest BCUT2D eigenvalue weighted by atomic mass is 9.97. The van der Waals surface area contributed by atoms with E-state index >= 15 is 0 Å². The molecule has 1 heteroatoms. The molecular formula is C17H22O. The van der Waals surface area contributed by atoms with Crippen LogP contribution >= 0.6 is 0 Å². The first-order valence-corrected chi connectivity index (χ1v) is 6.57. The highest BCUT2D eigenvalue weighted by Crippen LogP contribution is 2.18. The monoisotopic (exact) mass is 242 g/mol. The molecule has 0 saturated heterocycles. The van der Waals surface area contributed by atoms with Crippen LogP contribution in [0.15, 0.2) is 42.5 Å². The van der Waals surface area contributed by atoms with E-state index in [1.807, 2.05) is 45.0 Å². The summed E-state index contributed by atoms with van der Waals surface area (Å²) in [4.78, 5) is 11.8. The summed E-state index contributed by atoms with van der Waals surface area (Å²) < 4.78 is 0. The Morgan fingerprint density at radius 3 is 2.17 bits per heavy atom. The molecule has 18 heavy (non-hydrogen) atoms. The second-order valence-electron chi connectivity index (χ2n) is 4.65. The molecule has 1 nitrogen and oxygen atoms in total. The van der Waals surface area contributed by atoms with Crippen LogP contribution in [0.25, 0.3) is 5.57 Å². The molecule has 0 heterocycles. The fraction of sp³-hybridized carbons (Fsp3) is 0.353. The van der Waals surface area contributed by atoms with Crippen LogP contribution in [-0.2, 0) is 0 Å². The van der Waals surface area contributed by atoms with Gasteiger partial charge in [0.1, 0.15) is 0 Å². The second-order valence-corrected chi connectivity index (χ2v) is 4.65. The number of Topliss-reactive ketones (excluding diaryl/α,β-unsaturated/α-hetero) is 1. The molecule has 0 N–H and O–H groups in total. The largest absolute Gasteiger partial charge is 0.294 e. The van der Waals surface area contributed by atoms with Gasteiger partial charge in [0.15, 0.2) is 5.78 Å². The van der Waals surface area contributed by atoms with Crippen LogP contribution in [0, 0.1) is 5.92 Å². The molecular weight excluding hydrogens is 220 g/mol. The number of carbonyl (C=O) groups excluding carboxylic acids is 1. The van der Waals surface area contributed by atoms with Crippen LogP contribution in [-0.4, -0.2) is 5.78 Å². The molecule has 0 saturated carbocycles. The normalized spacial score (nSPS) is 12.4. The van der Waals surface area contributed by atoms with Gasteiger partial charge in [-0.2, -0.15) is 0 Å². The van der Waals surface area contributed by atoms with Gasteiger partial charge in [-0.05, 0) is 24.5 Å². The highest BCUT2D eigenvalue weighted by molar-refractivity contribution is 5.97. The molecule has 0 fully saturated rings. The van der Waals surface area contributed by atoms with Crippen LogP contribution < -0.4 is 0 Å². The molecule has 0 atom stereocenters. The van der Waals surface area contributed by atoms with Crippen molar-refractivity contribution >= 4 is 11.4 Å². The van der Waals surface area contributed by atoms with E-state index in [2.05, 4.69) is 25.2 Å². The zero-order valence-electron chi connectivity index (χ0n) is 11.7. The first-order valence-electron chi connectivity index (χ1n) is 6.57. The molecule has 0 aliphatic rings. The Morgan fingerprint density at radius 1 is 1.17 bits per heavy atom. The van der Waals surface area contributed by atoms with Crippen LogP contribution in [0.3, 0.4) is 0 Å².